The number of carbonyl (C=O) groups is 1. The third-order valence-electron chi connectivity index (χ3n) is 6.50. The van der Waals surface area contributed by atoms with Crippen molar-refractivity contribution >= 4 is 17.4 Å². The summed E-state index contributed by atoms with van der Waals surface area (Å²) in [7, 11) is 0. The highest BCUT2D eigenvalue weighted by Gasteiger charge is 2.37. The second kappa shape index (κ2) is 10.4. The lowest BCUT2D eigenvalue weighted by Gasteiger charge is -2.43. The van der Waals surface area contributed by atoms with Crippen molar-refractivity contribution in [2.45, 2.75) is 12.1 Å². The summed E-state index contributed by atoms with van der Waals surface area (Å²) in [6.07, 6.45) is 10.8. The fourth-order valence-electron chi connectivity index (χ4n) is 4.69. The number of terminal acetylenes is 2. The van der Waals surface area contributed by atoms with Crippen molar-refractivity contribution < 1.29 is 14.6 Å². The Kier molecular flexibility index (Phi) is 7.15. The maximum atomic E-state index is 13.9. The molecule has 11 nitrogen and oxygen atoms in total. The van der Waals surface area contributed by atoms with Crippen LogP contribution < -0.4 is 10.6 Å². The molecular weight excluding hydrogens is 464 g/mol. The normalized spacial score (nSPS) is 19.7. The van der Waals surface area contributed by atoms with E-state index in [0.29, 0.717) is 50.4 Å². The van der Waals surface area contributed by atoms with Gasteiger partial charge in [0.15, 0.2) is 0 Å². The van der Waals surface area contributed by atoms with E-state index in [4.69, 9.17) is 12.8 Å². The summed E-state index contributed by atoms with van der Waals surface area (Å²) in [5.74, 6) is 4.65. The zero-order valence-corrected chi connectivity index (χ0v) is 19.3. The van der Waals surface area contributed by atoms with Crippen LogP contribution in [-0.2, 0) is 0 Å². The molecule has 2 fully saturated rings. The summed E-state index contributed by atoms with van der Waals surface area (Å²) in [5, 5.41) is 29.6. The van der Waals surface area contributed by atoms with Gasteiger partial charge in [-0.25, -0.2) is 4.79 Å². The summed E-state index contributed by atoms with van der Waals surface area (Å²) in [6.45, 7) is 2.73. The molecule has 2 heterocycles. The molecule has 2 saturated heterocycles. The van der Waals surface area contributed by atoms with Gasteiger partial charge < -0.3 is 20.4 Å². The minimum atomic E-state index is -0.528. The van der Waals surface area contributed by atoms with Crippen molar-refractivity contribution in [3.63, 3.8) is 0 Å². The molecule has 2 amide bonds. The van der Waals surface area contributed by atoms with Crippen LogP contribution in [0, 0.1) is 44.9 Å². The average molecular weight is 489 g/mol. The zero-order chi connectivity index (χ0) is 25.8. The van der Waals surface area contributed by atoms with E-state index in [-0.39, 0.29) is 28.5 Å². The Labute approximate surface area is 207 Å². The van der Waals surface area contributed by atoms with E-state index in [9.17, 15) is 25.0 Å². The highest BCUT2D eigenvalue weighted by atomic mass is 16.6. The number of hydrogen-bond acceptors (Lipinski definition) is 7. The van der Waals surface area contributed by atoms with Crippen LogP contribution in [0.5, 0.6) is 0 Å². The molecule has 0 spiro atoms. The first-order valence-corrected chi connectivity index (χ1v) is 11.3. The van der Waals surface area contributed by atoms with Crippen molar-refractivity contribution in [2.24, 2.45) is 0 Å². The molecule has 2 atom stereocenters. The number of nitro benzene ring substituents is 2. The Morgan fingerprint density at radius 2 is 1.25 bits per heavy atom. The Bertz CT molecular complexity index is 1200. The van der Waals surface area contributed by atoms with Crippen LogP contribution in [0.2, 0.25) is 0 Å². The number of urea groups is 1. The van der Waals surface area contributed by atoms with Crippen LogP contribution in [-0.4, -0.2) is 64.9 Å². The van der Waals surface area contributed by atoms with Crippen molar-refractivity contribution in [2.75, 3.05) is 39.3 Å². The minimum absolute atomic E-state index is 0.171. The maximum Gasteiger partial charge on any atom is 0.321 e. The molecule has 11 heteroatoms. The lowest BCUT2D eigenvalue weighted by Crippen LogP contribution is -2.57. The molecule has 0 radical (unpaired) electrons. The number of hydrogen-bond donors (Lipinski definition) is 2. The van der Waals surface area contributed by atoms with Crippen LogP contribution >= 0.6 is 0 Å². The number of nitro groups is 2. The van der Waals surface area contributed by atoms with Gasteiger partial charge in [-0.2, -0.15) is 0 Å². The Morgan fingerprint density at radius 1 is 0.833 bits per heavy atom. The average Bonchev–Trinajstić information content (AvgIpc) is 2.91. The van der Waals surface area contributed by atoms with Crippen molar-refractivity contribution in [1.29, 1.82) is 0 Å². The molecule has 0 saturated carbocycles. The summed E-state index contributed by atoms with van der Waals surface area (Å²) in [5.41, 5.74) is 1.17. The van der Waals surface area contributed by atoms with Crippen molar-refractivity contribution in [3.8, 4) is 24.7 Å². The van der Waals surface area contributed by atoms with Crippen molar-refractivity contribution in [3.05, 3.63) is 78.9 Å². The lowest BCUT2D eigenvalue weighted by atomic mass is 9.99. The monoisotopic (exact) mass is 488 g/mol. The first-order chi connectivity index (χ1) is 17.3. The van der Waals surface area contributed by atoms with Crippen molar-refractivity contribution in [1.82, 2.24) is 20.4 Å². The molecule has 4 rings (SSSR count). The molecule has 36 heavy (non-hydrogen) atoms. The quantitative estimate of drug-likeness (QED) is 0.383. The number of piperazine rings is 2. The molecule has 2 aliphatic rings. The lowest BCUT2D eigenvalue weighted by molar-refractivity contribution is -0.385. The van der Waals surface area contributed by atoms with Gasteiger partial charge in [0.25, 0.3) is 11.4 Å². The zero-order valence-electron chi connectivity index (χ0n) is 19.3. The molecule has 2 unspecified atom stereocenters. The molecule has 2 aromatic carbocycles. The van der Waals surface area contributed by atoms with Crippen LogP contribution in [0.4, 0.5) is 16.2 Å². The second-order valence-electron chi connectivity index (χ2n) is 8.47. The van der Waals surface area contributed by atoms with E-state index in [1.54, 1.807) is 21.9 Å². The molecule has 0 aliphatic carbocycles. The third-order valence-corrected chi connectivity index (χ3v) is 6.50. The summed E-state index contributed by atoms with van der Waals surface area (Å²) in [4.78, 5) is 39.3. The number of nitrogens with zero attached hydrogens (tertiary/aromatic N) is 4. The van der Waals surface area contributed by atoms with Gasteiger partial charge in [0, 0.05) is 51.4 Å². The standard InChI is InChI=1S/C25H24N6O5/c1-3-17-5-7-19(13-21(17)30(33)34)23-15-26-9-11-28(23)25(32)29-12-10-27-16-24(29)20-8-6-18(4-2)22(14-20)31(35)36/h1-2,5-8,13-14,23-24,26-27H,9-12,15-16H2. The summed E-state index contributed by atoms with van der Waals surface area (Å²) >= 11 is 0. The predicted octanol–water partition coefficient (Wildman–Crippen LogP) is 2.18. The second-order valence-corrected chi connectivity index (χ2v) is 8.47. The predicted molar refractivity (Wildman–Crippen MR) is 132 cm³/mol. The Balaban J connectivity index is 1.67. The van der Waals surface area contributed by atoms with Gasteiger partial charge in [0.2, 0.25) is 0 Å². The molecule has 2 aromatic rings. The van der Waals surface area contributed by atoms with Gasteiger partial charge in [0.1, 0.15) is 11.1 Å². The highest BCUT2D eigenvalue weighted by Crippen LogP contribution is 2.32. The highest BCUT2D eigenvalue weighted by molar-refractivity contribution is 5.76. The Hall–Kier alpha value is -4.45. The third kappa shape index (κ3) is 4.70. The summed E-state index contributed by atoms with van der Waals surface area (Å²) in [6, 6.07) is 8.13. The van der Waals surface area contributed by atoms with Gasteiger partial charge in [-0.1, -0.05) is 24.0 Å². The van der Waals surface area contributed by atoms with E-state index in [0.717, 1.165) is 0 Å². The van der Waals surface area contributed by atoms with Crippen LogP contribution in [0.25, 0.3) is 0 Å². The van der Waals surface area contributed by atoms with Crippen LogP contribution in [0.1, 0.15) is 34.3 Å². The summed E-state index contributed by atoms with van der Waals surface area (Å²) < 4.78 is 0. The number of carbonyl (C=O) groups excluding carboxylic acids is 1. The smallest absolute Gasteiger partial charge is 0.315 e. The van der Waals surface area contributed by atoms with E-state index in [2.05, 4.69) is 22.5 Å². The largest absolute Gasteiger partial charge is 0.321 e. The molecule has 0 aromatic heterocycles. The molecule has 2 N–H and O–H groups in total. The molecular formula is C25H24N6O5. The van der Waals surface area contributed by atoms with Gasteiger partial charge >= 0.3 is 6.03 Å². The minimum Gasteiger partial charge on any atom is -0.315 e. The van der Waals surface area contributed by atoms with Crippen LogP contribution in [0.15, 0.2) is 36.4 Å². The Morgan fingerprint density at radius 3 is 1.61 bits per heavy atom. The number of rotatable bonds is 4. The molecule has 184 valence electrons. The maximum absolute atomic E-state index is 13.9. The van der Waals surface area contributed by atoms with Gasteiger partial charge in [0.05, 0.1) is 21.9 Å². The van der Waals surface area contributed by atoms with Gasteiger partial charge in [-0.15, -0.1) is 12.8 Å². The number of nitrogens with one attached hydrogen (secondary N) is 2. The number of benzene rings is 2. The van der Waals surface area contributed by atoms with Gasteiger partial charge in [-0.05, 0) is 23.3 Å². The fourth-order valence-corrected chi connectivity index (χ4v) is 4.69. The van der Waals surface area contributed by atoms with Gasteiger partial charge in [-0.3, -0.25) is 20.2 Å². The van der Waals surface area contributed by atoms with E-state index >= 15 is 0 Å². The van der Waals surface area contributed by atoms with Crippen LogP contribution in [0.3, 0.4) is 0 Å². The van der Waals surface area contributed by atoms with E-state index < -0.39 is 21.9 Å². The first kappa shape index (κ1) is 24.7. The first-order valence-electron chi connectivity index (χ1n) is 11.3. The SMILES string of the molecule is C#Cc1ccc(C2CNCCN2C(=O)N2CCNCC2c2ccc(C#C)c([N+](=O)[O-])c2)cc1[N+](=O)[O-]. The topological polar surface area (TPSA) is 134 Å². The number of amides is 2. The molecule has 2 aliphatic heterocycles. The fraction of sp³-hybridized carbons (Fsp3) is 0.320. The molecule has 0 bridgehead atoms. The van der Waals surface area contributed by atoms with E-state index in [1.807, 2.05) is 0 Å². The van der Waals surface area contributed by atoms with E-state index in [1.165, 1.54) is 24.3 Å².